The van der Waals surface area contributed by atoms with Crippen LogP contribution in [0.25, 0.3) is 55.7 Å². The molecule has 0 spiro atoms. The molecule has 0 radical (unpaired) electrons. The summed E-state index contributed by atoms with van der Waals surface area (Å²) < 4.78 is 0. The Morgan fingerprint density at radius 3 is 1.15 bits per heavy atom. The van der Waals surface area contributed by atoms with Crippen molar-refractivity contribution in [3.05, 3.63) is 205 Å². The van der Waals surface area contributed by atoms with Gasteiger partial charge in [-0.15, -0.1) is 0 Å². The minimum absolute atomic E-state index is 0.00363. The van der Waals surface area contributed by atoms with Gasteiger partial charge in [-0.05, 0) is 85.5 Å². The molecule has 0 saturated heterocycles. The van der Waals surface area contributed by atoms with Crippen LogP contribution < -0.4 is 26.2 Å². The lowest BCUT2D eigenvalue weighted by atomic mass is 9.33. The van der Waals surface area contributed by atoms with Crippen LogP contribution >= 0.6 is 0 Å². The first-order valence-corrected chi connectivity index (χ1v) is 23.4. The Morgan fingerprint density at radius 2 is 0.746 bits per heavy atom. The number of rotatable bonds is 5. The van der Waals surface area contributed by atoms with Crippen LogP contribution in [-0.2, 0) is 10.8 Å². The van der Waals surface area contributed by atoms with Crippen molar-refractivity contribution in [3.8, 4) is 34.2 Å². The Labute approximate surface area is 393 Å². The Morgan fingerprint density at radius 1 is 0.373 bits per heavy atom. The van der Waals surface area contributed by atoms with Crippen LogP contribution in [0.4, 0.5) is 34.1 Å². The summed E-state index contributed by atoms with van der Waals surface area (Å²) in [7, 11) is 0. The molecule has 0 fully saturated rings. The van der Waals surface area contributed by atoms with Crippen LogP contribution in [0.1, 0.15) is 52.7 Å². The largest absolute Gasteiger partial charge is 0.311 e. The lowest BCUT2D eigenvalue weighted by Gasteiger charge is -2.45. The highest BCUT2D eigenvalue weighted by atomic mass is 15.2. The van der Waals surface area contributed by atoms with Crippen molar-refractivity contribution >= 4 is 78.8 Å². The van der Waals surface area contributed by atoms with E-state index in [1.165, 1.54) is 60.4 Å². The number of nitrogens with zero attached hydrogens (tertiary/aromatic N) is 5. The monoisotopic (exact) mass is 863 g/mol. The summed E-state index contributed by atoms with van der Waals surface area (Å²) in [5.41, 5.74) is 15.9. The first-order valence-electron chi connectivity index (χ1n) is 23.4. The van der Waals surface area contributed by atoms with Gasteiger partial charge in [0.1, 0.15) is 0 Å². The average molecular weight is 864 g/mol. The number of hydrogen-bond donors (Lipinski definition) is 0. The molecule has 0 amide bonds. The summed E-state index contributed by atoms with van der Waals surface area (Å²) in [6, 6.07) is 70.7. The van der Waals surface area contributed by atoms with Gasteiger partial charge in [-0.2, -0.15) is 0 Å². The second kappa shape index (κ2) is 15.4. The average Bonchev–Trinajstić information content (AvgIpc) is 3.36. The Bertz CT molecular complexity index is 3310. The standard InChI is InChI=1S/C61H50BN5/c1-60(2,3)44-27-31-46(32-28-44)66-52-37-43(59-64-57(41-19-9-7-10-20-41)63-58(65-59)42-21-11-8-12-22-42)38-53-54(52)62(50-35-25-39-17-13-15-23-48(39)55(50)66)51-36-26-40-18-14-16-24-49(40)56(51)67(53)47-33-29-45(30-34-47)61(4,5)6/h7-38H,1-6H3. The third-order valence-electron chi connectivity index (χ3n) is 13.8. The first kappa shape index (κ1) is 40.7. The number of hydrogen-bond acceptors (Lipinski definition) is 5. The first-order chi connectivity index (χ1) is 32.5. The van der Waals surface area contributed by atoms with E-state index in [2.05, 4.69) is 209 Å². The normalized spacial score (nSPS) is 13.1. The highest BCUT2D eigenvalue weighted by molar-refractivity contribution is 7.00. The summed E-state index contributed by atoms with van der Waals surface area (Å²) in [6.45, 7) is 13.6. The van der Waals surface area contributed by atoms with Crippen molar-refractivity contribution in [3.63, 3.8) is 0 Å². The molecule has 12 rings (SSSR count). The fourth-order valence-corrected chi connectivity index (χ4v) is 10.3. The molecule has 2 aliphatic heterocycles. The van der Waals surface area contributed by atoms with Crippen molar-refractivity contribution in [1.29, 1.82) is 0 Å². The molecule has 67 heavy (non-hydrogen) atoms. The van der Waals surface area contributed by atoms with Gasteiger partial charge in [-0.1, -0.05) is 199 Å². The van der Waals surface area contributed by atoms with Crippen LogP contribution in [0.2, 0.25) is 0 Å². The van der Waals surface area contributed by atoms with Gasteiger partial charge in [0.05, 0.1) is 0 Å². The molecule has 0 unspecified atom stereocenters. The quantitative estimate of drug-likeness (QED) is 0.161. The third-order valence-corrected chi connectivity index (χ3v) is 13.8. The SMILES string of the molecule is CC(C)(C)c1ccc(N2c3cc(-c4nc(-c5ccccc5)nc(-c5ccccc5)n4)cc4c3B(c3ccc5ccccc5c32)c2ccc3ccccc3c2N4c2ccc(C(C)(C)C)cc2)cc1. The lowest BCUT2D eigenvalue weighted by molar-refractivity contribution is 0.590. The van der Waals surface area contributed by atoms with Gasteiger partial charge >= 0.3 is 0 Å². The van der Waals surface area contributed by atoms with Crippen LogP contribution in [0.3, 0.4) is 0 Å². The molecular formula is C61H50BN5. The molecule has 0 aliphatic carbocycles. The molecule has 2 aliphatic rings. The number of aromatic nitrogens is 3. The fraction of sp³-hybridized carbons (Fsp3) is 0.131. The molecule has 6 heteroatoms. The minimum Gasteiger partial charge on any atom is -0.311 e. The number of fused-ring (bicyclic) bond motifs is 8. The number of anilines is 6. The highest BCUT2D eigenvalue weighted by Gasteiger charge is 2.45. The van der Waals surface area contributed by atoms with Crippen molar-refractivity contribution < 1.29 is 0 Å². The summed E-state index contributed by atoms with van der Waals surface area (Å²) in [5.74, 6) is 1.87. The summed E-state index contributed by atoms with van der Waals surface area (Å²) in [6.07, 6.45) is 0. The van der Waals surface area contributed by atoms with E-state index in [0.29, 0.717) is 17.5 Å². The molecule has 5 nitrogen and oxygen atoms in total. The summed E-state index contributed by atoms with van der Waals surface area (Å²) in [5, 5.41) is 4.81. The van der Waals surface area contributed by atoms with Gasteiger partial charge in [0.15, 0.2) is 17.5 Å². The maximum atomic E-state index is 5.36. The second-order valence-electron chi connectivity index (χ2n) is 20.1. The van der Waals surface area contributed by atoms with Crippen molar-refractivity contribution in [1.82, 2.24) is 15.0 Å². The lowest BCUT2D eigenvalue weighted by Crippen LogP contribution is -2.61. The van der Waals surface area contributed by atoms with Crippen LogP contribution in [0.5, 0.6) is 0 Å². The zero-order chi connectivity index (χ0) is 45.6. The van der Waals surface area contributed by atoms with Crippen LogP contribution in [0.15, 0.2) is 194 Å². The molecule has 10 aromatic rings. The molecule has 9 aromatic carbocycles. The van der Waals surface area contributed by atoms with Gasteiger partial charge in [-0.25, -0.2) is 15.0 Å². The maximum absolute atomic E-state index is 5.36. The smallest absolute Gasteiger partial charge is 0.252 e. The fourth-order valence-electron chi connectivity index (χ4n) is 10.3. The van der Waals surface area contributed by atoms with Gasteiger partial charge in [0, 0.05) is 61.6 Å². The zero-order valence-electron chi connectivity index (χ0n) is 38.8. The molecule has 0 bridgehead atoms. The third kappa shape index (κ3) is 6.81. The van der Waals surface area contributed by atoms with Gasteiger partial charge in [0.2, 0.25) is 0 Å². The number of benzene rings is 9. The van der Waals surface area contributed by atoms with Crippen LogP contribution in [-0.4, -0.2) is 21.7 Å². The Balaban J connectivity index is 1.22. The highest BCUT2D eigenvalue weighted by Crippen LogP contribution is 2.49. The molecule has 0 atom stereocenters. The van der Waals surface area contributed by atoms with E-state index < -0.39 is 0 Å². The Hall–Kier alpha value is -7.83. The summed E-state index contributed by atoms with van der Waals surface area (Å²) in [4.78, 5) is 20.9. The van der Waals surface area contributed by atoms with E-state index in [4.69, 9.17) is 15.0 Å². The molecule has 1 aromatic heterocycles. The molecule has 0 saturated carbocycles. The molecule has 322 valence electrons. The van der Waals surface area contributed by atoms with E-state index in [1.54, 1.807) is 0 Å². The van der Waals surface area contributed by atoms with Gasteiger partial charge in [0.25, 0.3) is 6.71 Å². The molecular weight excluding hydrogens is 814 g/mol. The van der Waals surface area contributed by atoms with E-state index in [-0.39, 0.29) is 17.5 Å². The van der Waals surface area contributed by atoms with E-state index in [1.807, 2.05) is 36.4 Å². The maximum Gasteiger partial charge on any atom is 0.252 e. The van der Waals surface area contributed by atoms with Crippen molar-refractivity contribution in [2.45, 2.75) is 52.4 Å². The van der Waals surface area contributed by atoms with E-state index in [9.17, 15) is 0 Å². The molecule has 3 heterocycles. The predicted octanol–water partition coefficient (Wildman–Crippen LogP) is 13.9. The van der Waals surface area contributed by atoms with E-state index >= 15 is 0 Å². The van der Waals surface area contributed by atoms with E-state index in [0.717, 1.165) is 39.4 Å². The van der Waals surface area contributed by atoms with Crippen LogP contribution in [0, 0.1) is 0 Å². The second-order valence-corrected chi connectivity index (χ2v) is 20.1. The van der Waals surface area contributed by atoms with Crippen molar-refractivity contribution in [2.24, 2.45) is 0 Å². The van der Waals surface area contributed by atoms with Crippen molar-refractivity contribution in [2.75, 3.05) is 9.80 Å². The zero-order valence-corrected chi connectivity index (χ0v) is 38.8. The summed E-state index contributed by atoms with van der Waals surface area (Å²) >= 11 is 0. The predicted molar refractivity (Wildman–Crippen MR) is 283 cm³/mol. The van der Waals surface area contributed by atoms with Gasteiger partial charge in [-0.3, -0.25) is 0 Å². The minimum atomic E-state index is -0.0772. The van der Waals surface area contributed by atoms with Gasteiger partial charge < -0.3 is 9.80 Å². The molecule has 0 N–H and O–H groups in total. The topological polar surface area (TPSA) is 45.2 Å². The Kier molecular flexibility index (Phi) is 9.34.